The summed E-state index contributed by atoms with van der Waals surface area (Å²) >= 11 is 0. The van der Waals surface area contributed by atoms with Crippen LogP contribution in [0.1, 0.15) is 6.92 Å². The number of piperidine rings is 1. The minimum Gasteiger partial charge on any atom is -0.314 e. The number of rotatable bonds is 3. The van der Waals surface area contributed by atoms with Crippen molar-refractivity contribution < 1.29 is 13.2 Å². The summed E-state index contributed by atoms with van der Waals surface area (Å²) in [5, 5.41) is 3.30. The fraction of sp³-hybridized carbons (Fsp3) is 1.00. The molecule has 90 valence electrons. The van der Waals surface area contributed by atoms with E-state index in [-0.39, 0.29) is 12.4 Å². The number of hydrogen-bond donors (Lipinski definition) is 1. The van der Waals surface area contributed by atoms with Crippen LogP contribution in [-0.2, 0) is 0 Å². The minimum absolute atomic E-state index is 0. The first-order chi connectivity index (χ1) is 6.51. The van der Waals surface area contributed by atoms with Crippen LogP contribution >= 0.6 is 12.4 Å². The van der Waals surface area contributed by atoms with E-state index in [9.17, 15) is 13.2 Å². The highest BCUT2D eigenvalue weighted by Crippen LogP contribution is 2.45. The number of nitrogens with zero attached hydrogens (tertiary/aromatic N) is 1. The van der Waals surface area contributed by atoms with E-state index in [1.165, 1.54) is 4.90 Å². The number of likely N-dealkylation sites (tertiary alicyclic amines) is 1. The molecule has 6 heteroatoms. The van der Waals surface area contributed by atoms with E-state index in [1.807, 2.05) is 6.92 Å². The average molecular weight is 245 g/mol. The van der Waals surface area contributed by atoms with Crippen molar-refractivity contribution in [2.75, 3.05) is 26.2 Å². The van der Waals surface area contributed by atoms with E-state index in [1.54, 1.807) is 0 Å². The first-order valence-corrected chi connectivity index (χ1v) is 5.04. The molecule has 2 nitrogen and oxygen atoms in total. The highest BCUT2D eigenvalue weighted by atomic mass is 35.5. The van der Waals surface area contributed by atoms with Gasteiger partial charge in [0.1, 0.15) is 0 Å². The normalized spacial score (nSPS) is 34.8. The predicted octanol–water partition coefficient (Wildman–Crippen LogP) is 1.51. The van der Waals surface area contributed by atoms with Crippen LogP contribution in [0.3, 0.4) is 0 Å². The van der Waals surface area contributed by atoms with Crippen LogP contribution in [0.15, 0.2) is 0 Å². The monoisotopic (exact) mass is 244 g/mol. The molecule has 0 amide bonds. The van der Waals surface area contributed by atoms with Gasteiger partial charge < -0.3 is 5.32 Å². The van der Waals surface area contributed by atoms with Crippen LogP contribution in [0.4, 0.5) is 13.2 Å². The number of fused-ring (bicyclic) bond motifs is 1. The molecule has 0 aromatic rings. The van der Waals surface area contributed by atoms with Gasteiger partial charge in [-0.25, -0.2) is 0 Å². The van der Waals surface area contributed by atoms with Gasteiger partial charge in [-0.2, -0.15) is 13.2 Å². The molecule has 1 saturated carbocycles. The minimum atomic E-state index is -4.04. The molecule has 1 saturated heterocycles. The highest BCUT2D eigenvalue weighted by molar-refractivity contribution is 5.85. The smallest absolute Gasteiger partial charge is 0.314 e. The lowest BCUT2D eigenvalue weighted by atomic mass is 10.3. The Morgan fingerprint density at radius 2 is 1.80 bits per heavy atom. The standard InChI is InChI=1S/C9H15F3N2.ClH/c1-2-13-8-6-3-14(4-7(6)8)5-9(10,11)12;/h6-8,13H,2-5H2,1H3;1H. The summed E-state index contributed by atoms with van der Waals surface area (Å²) in [5.74, 6) is 0.939. The van der Waals surface area contributed by atoms with Crippen molar-refractivity contribution in [2.45, 2.75) is 19.1 Å². The molecule has 1 aliphatic heterocycles. The summed E-state index contributed by atoms with van der Waals surface area (Å²) < 4.78 is 36.1. The molecule has 2 aliphatic rings. The zero-order chi connectivity index (χ0) is 10.3. The van der Waals surface area contributed by atoms with Gasteiger partial charge in [-0.15, -0.1) is 12.4 Å². The Hall–Kier alpha value is -0.0000000000000000555. The number of nitrogens with one attached hydrogen (secondary N) is 1. The summed E-state index contributed by atoms with van der Waals surface area (Å²) in [6, 6.07) is 0.490. The first kappa shape index (κ1) is 13.1. The van der Waals surface area contributed by atoms with Crippen molar-refractivity contribution >= 4 is 12.4 Å². The molecule has 2 unspecified atom stereocenters. The average Bonchev–Trinajstić information content (AvgIpc) is 2.54. The SMILES string of the molecule is CCNC1C2CN(CC(F)(F)F)CC21.Cl. The number of halogens is 4. The molecule has 0 aromatic carbocycles. The zero-order valence-electron chi connectivity index (χ0n) is 8.55. The van der Waals surface area contributed by atoms with Gasteiger partial charge in [0.05, 0.1) is 6.54 Å². The summed E-state index contributed by atoms with van der Waals surface area (Å²) in [6.45, 7) is 3.43. The van der Waals surface area contributed by atoms with Crippen molar-refractivity contribution in [3.63, 3.8) is 0 Å². The maximum Gasteiger partial charge on any atom is 0.401 e. The lowest BCUT2D eigenvalue weighted by Crippen LogP contribution is -2.37. The molecule has 1 aliphatic carbocycles. The van der Waals surface area contributed by atoms with Crippen molar-refractivity contribution in [3.8, 4) is 0 Å². The molecule has 0 spiro atoms. The molecule has 0 radical (unpaired) electrons. The Bertz CT molecular complexity index is 210. The predicted molar refractivity (Wildman–Crippen MR) is 54.2 cm³/mol. The lowest BCUT2D eigenvalue weighted by Gasteiger charge is -2.20. The van der Waals surface area contributed by atoms with E-state index in [0.29, 0.717) is 31.0 Å². The Balaban J connectivity index is 0.00000112. The molecule has 1 N–H and O–H groups in total. The molecular formula is C9H16ClF3N2. The van der Waals surface area contributed by atoms with E-state index >= 15 is 0 Å². The van der Waals surface area contributed by atoms with Crippen LogP contribution in [0.2, 0.25) is 0 Å². The topological polar surface area (TPSA) is 15.3 Å². The van der Waals surface area contributed by atoms with E-state index in [2.05, 4.69) is 5.32 Å². The van der Waals surface area contributed by atoms with Crippen molar-refractivity contribution in [3.05, 3.63) is 0 Å². The Labute approximate surface area is 93.6 Å². The third-order valence-corrected chi connectivity index (χ3v) is 3.11. The van der Waals surface area contributed by atoms with Gasteiger partial charge in [0, 0.05) is 19.1 Å². The molecule has 15 heavy (non-hydrogen) atoms. The van der Waals surface area contributed by atoms with E-state index in [0.717, 1.165) is 6.54 Å². The number of hydrogen-bond acceptors (Lipinski definition) is 2. The van der Waals surface area contributed by atoms with Crippen molar-refractivity contribution in [2.24, 2.45) is 11.8 Å². The third-order valence-electron chi connectivity index (χ3n) is 3.11. The maximum atomic E-state index is 12.0. The van der Waals surface area contributed by atoms with Gasteiger partial charge in [0.25, 0.3) is 0 Å². The second-order valence-corrected chi connectivity index (χ2v) is 4.22. The van der Waals surface area contributed by atoms with Crippen molar-refractivity contribution in [1.82, 2.24) is 10.2 Å². The Morgan fingerprint density at radius 1 is 1.27 bits per heavy atom. The van der Waals surface area contributed by atoms with Crippen LogP contribution in [0, 0.1) is 11.8 Å². The molecule has 2 rings (SSSR count). The fourth-order valence-electron chi connectivity index (χ4n) is 2.53. The molecule has 0 aromatic heterocycles. The Morgan fingerprint density at radius 3 is 2.20 bits per heavy atom. The second-order valence-electron chi connectivity index (χ2n) is 4.22. The largest absolute Gasteiger partial charge is 0.401 e. The van der Waals surface area contributed by atoms with E-state index < -0.39 is 12.7 Å². The van der Waals surface area contributed by atoms with Gasteiger partial charge in [-0.05, 0) is 18.4 Å². The quantitative estimate of drug-likeness (QED) is 0.810. The number of alkyl halides is 3. The highest BCUT2D eigenvalue weighted by Gasteiger charge is 2.56. The summed E-state index contributed by atoms with van der Waals surface area (Å²) in [6.07, 6.45) is -4.04. The molecule has 1 heterocycles. The van der Waals surface area contributed by atoms with Crippen LogP contribution in [0.25, 0.3) is 0 Å². The lowest BCUT2D eigenvalue weighted by molar-refractivity contribution is -0.144. The van der Waals surface area contributed by atoms with Crippen LogP contribution in [0.5, 0.6) is 0 Å². The van der Waals surface area contributed by atoms with Gasteiger partial charge in [0.15, 0.2) is 0 Å². The van der Waals surface area contributed by atoms with Crippen molar-refractivity contribution in [1.29, 1.82) is 0 Å². The molecular weight excluding hydrogens is 229 g/mol. The molecule has 0 bridgehead atoms. The van der Waals surface area contributed by atoms with Gasteiger partial charge in [-0.1, -0.05) is 6.92 Å². The maximum absolute atomic E-state index is 12.0. The van der Waals surface area contributed by atoms with Crippen LogP contribution in [-0.4, -0.2) is 43.3 Å². The second kappa shape index (κ2) is 4.47. The summed E-state index contributed by atoms with van der Waals surface area (Å²) in [4.78, 5) is 1.52. The van der Waals surface area contributed by atoms with Gasteiger partial charge >= 0.3 is 6.18 Å². The fourth-order valence-corrected chi connectivity index (χ4v) is 2.53. The third kappa shape index (κ3) is 2.98. The zero-order valence-corrected chi connectivity index (χ0v) is 9.37. The van der Waals surface area contributed by atoms with Gasteiger partial charge in [0.2, 0.25) is 0 Å². The van der Waals surface area contributed by atoms with E-state index in [4.69, 9.17) is 0 Å². The summed E-state index contributed by atoms with van der Waals surface area (Å²) in [5.41, 5.74) is 0. The summed E-state index contributed by atoms with van der Waals surface area (Å²) in [7, 11) is 0. The first-order valence-electron chi connectivity index (χ1n) is 5.04. The Kier molecular flexibility index (Phi) is 3.90. The van der Waals surface area contributed by atoms with Gasteiger partial charge in [-0.3, -0.25) is 4.90 Å². The molecule has 2 fully saturated rings. The molecule has 2 atom stereocenters. The van der Waals surface area contributed by atoms with Crippen LogP contribution < -0.4 is 5.32 Å².